The predicted octanol–water partition coefficient (Wildman–Crippen LogP) is -5.22. The third-order valence-corrected chi connectivity index (χ3v) is 7.38. The third-order valence-electron chi connectivity index (χ3n) is 7.38. The van der Waals surface area contributed by atoms with Crippen molar-refractivity contribution in [3.8, 4) is 0 Å². The monoisotopic (exact) mass is 786 g/mol. The highest BCUT2D eigenvalue weighted by atomic mass is 16.4. The van der Waals surface area contributed by atoms with Crippen LogP contribution in [0.3, 0.4) is 0 Å². The van der Waals surface area contributed by atoms with Gasteiger partial charge in [-0.1, -0.05) is 27.7 Å². The number of carbonyl (C=O) groups is 11. The topological polar surface area (TPSA) is 390 Å². The number of hydrogen-bond donors (Lipinski definition) is 12. The average Bonchev–Trinajstić information content (AvgIpc) is 3.05. The lowest BCUT2D eigenvalue weighted by molar-refractivity contribution is -0.143. The van der Waals surface area contributed by atoms with E-state index in [2.05, 4.69) is 37.2 Å². The van der Waals surface area contributed by atoms with Crippen molar-refractivity contribution in [3.63, 3.8) is 0 Å². The van der Waals surface area contributed by atoms with Gasteiger partial charge >= 0.3 is 11.9 Å². The van der Waals surface area contributed by atoms with E-state index in [-0.39, 0.29) is 24.7 Å². The van der Waals surface area contributed by atoms with Gasteiger partial charge in [0, 0.05) is 6.42 Å². The molecule has 9 amide bonds. The molecule has 0 aliphatic rings. The highest BCUT2D eigenvalue weighted by Gasteiger charge is 2.31. The van der Waals surface area contributed by atoms with Crippen molar-refractivity contribution in [1.29, 1.82) is 0 Å². The molecule has 0 radical (unpaired) electrons. The lowest BCUT2D eigenvalue weighted by atomic mass is 10.0. The van der Waals surface area contributed by atoms with E-state index in [1.807, 2.05) is 13.8 Å². The van der Waals surface area contributed by atoms with Crippen LogP contribution in [0, 0.1) is 11.8 Å². The van der Waals surface area contributed by atoms with E-state index in [0.717, 1.165) is 0 Å². The van der Waals surface area contributed by atoms with Crippen molar-refractivity contribution in [1.82, 2.24) is 37.2 Å². The van der Waals surface area contributed by atoms with Gasteiger partial charge in [0.2, 0.25) is 53.2 Å². The smallest absolute Gasteiger partial charge is 0.326 e. The van der Waals surface area contributed by atoms with Gasteiger partial charge in [-0.25, -0.2) is 4.79 Å². The summed E-state index contributed by atoms with van der Waals surface area (Å²) in [6.45, 7) is 6.78. The van der Waals surface area contributed by atoms with Gasteiger partial charge in [0.05, 0.1) is 32.0 Å². The van der Waals surface area contributed by atoms with Crippen LogP contribution < -0.4 is 54.4 Å². The van der Waals surface area contributed by atoms with Gasteiger partial charge in [-0.3, -0.25) is 47.9 Å². The first-order valence-corrected chi connectivity index (χ1v) is 17.2. The Morgan fingerprint density at radius 3 is 1.40 bits per heavy atom. The Kier molecular flexibility index (Phi) is 21.8. The molecule has 0 heterocycles. The molecule has 55 heavy (non-hydrogen) atoms. The fraction of sp³-hybridized carbons (Fsp3) is 0.656. The molecular formula is C32H54N10O13. The third kappa shape index (κ3) is 21.4. The largest absolute Gasteiger partial charge is 0.481 e. The number of amides is 9. The summed E-state index contributed by atoms with van der Waals surface area (Å²) in [5.74, 6) is -11.4. The molecule has 6 atom stereocenters. The molecule has 0 fully saturated rings. The van der Waals surface area contributed by atoms with E-state index >= 15 is 0 Å². The number of carboxylic acid groups (broad SMARTS) is 2. The van der Waals surface area contributed by atoms with Crippen LogP contribution in [-0.2, 0) is 52.7 Å². The highest BCUT2D eigenvalue weighted by molar-refractivity contribution is 5.98. The molecule has 0 saturated carbocycles. The maximum atomic E-state index is 13.0. The Bertz CT molecular complexity index is 1440. The van der Waals surface area contributed by atoms with Gasteiger partial charge in [-0.2, -0.15) is 0 Å². The normalized spacial score (nSPS) is 14.1. The molecule has 23 heteroatoms. The maximum absolute atomic E-state index is 13.0. The lowest BCUT2D eigenvalue weighted by Gasteiger charge is -2.24. The van der Waals surface area contributed by atoms with Crippen LogP contribution in [0.15, 0.2) is 0 Å². The minimum absolute atomic E-state index is 0.0410. The SMILES string of the molecule is CC(C)C[C@H](NC(=O)[C@H](C)NC(=O)[C@H](CC(N)=O)NC(=O)CNC(=O)[C@H](CC(N)=O)NC(=O)[C@@H](N)CC(C)C)C(=O)NCC(=O)N[C@@H](CCC(=O)O)C(=O)O. The van der Waals surface area contributed by atoms with Crippen LogP contribution in [0.1, 0.15) is 73.1 Å². The van der Waals surface area contributed by atoms with Gasteiger partial charge in [0.15, 0.2) is 0 Å². The number of carboxylic acids is 2. The molecule has 0 spiro atoms. The van der Waals surface area contributed by atoms with Gasteiger partial charge in [0.25, 0.3) is 0 Å². The summed E-state index contributed by atoms with van der Waals surface area (Å²) in [6.07, 6.45) is -1.99. The second-order valence-corrected chi connectivity index (χ2v) is 13.5. The summed E-state index contributed by atoms with van der Waals surface area (Å²) in [7, 11) is 0. The Balaban J connectivity index is 5.48. The summed E-state index contributed by atoms with van der Waals surface area (Å²) < 4.78 is 0. The molecule has 0 aromatic rings. The Hall–Kier alpha value is -5.87. The summed E-state index contributed by atoms with van der Waals surface area (Å²) in [5, 5.41) is 33.7. The molecule has 0 aliphatic carbocycles. The molecule has 0 aliphatic heterocycles. The standard InChI is InChI=1S/C32H54N10O13/c1-14(2)8-17(33)28(50)42-20(10-22(34)43)30(52)37-13-25(46)40-21(11-23(35)44)31(53)38-16(5)27(49)41-19(9-15(3)4)29(51)36-12-24(45)39-18(32(54)55)6-7-26(47)48/h14-21H,6-13,33H2,1-5H3,(H2,34,43)(H2,35,44)(H,36,51)(H,37,52)(H,38,53)(H,39,45)(H,40,46)(H,41,49)(H,42,50)(H,47,48)(H,54,55)/t16-,17-,18-,19-,20-,21-/m0/s1. The van der Waals surface area contributed by atoms with Gasteiger partial charge in [0.1, 0.15) is 30.2 Å². The van der Waals surface area contributed by atoms with Crippen molar-refractivity contribution in [2.45, 2.75) is 109 Å². The number of hydrogen-bond acceptors (Lipinski definition) is 12. The van der Waals surface area contributed by atoms with Crippen LogP contribution in [-0.4, -0.2) is 125 Å². The van der Waals surface area contributed by atoms with Crippen LogP contribution in [0.4, 0.5) is 0 Å². The van der Waals surface area contributed by atoms with Gasteiger partial charge < -0.3 is 64.6 Å². The molecule has 0 unspecified atom stereocenters. The Morgan fingerprint density at radius 2 is 0.964 bits per heavy atom. The number of aliphatic carboxylic acids is 2. The second-order valence-electron chi connectivity index (χ2n) is 13.5. The molecule has 0 saturated heterocycles. The number of nitrogens with two attached hydrogens (primary N) is 3. The van der Waals surface area contributed by atoms with E-state index in [0.29, 0.717) is 0 Å². The Labute approximate surface area is 316 Å². The quantitative estimate of drug-likeness (QED) is 0.0390. The highest BCUT2D eigenvalue weighted by Crippen LogP contribution is 2.07. The fourth-order valence-corrected chi connectivity index (χ4v) is 4.69. The molecule has 15 N–H and O–H groups in total. The predicted molar refractivity (Wildman–Crippen MR) is 190 cm³/mol. The molecule has 23 nitrogen and oxygen atoms in total. The van der Waals surface area contributed by atoms with E-state index < -0.39 is 140 Å². The first-order chi connectivity index (χ1) is 25.4. The number of primary amides is 2. The van der Waals surface area contributed by atoms with Crippen LogP contribution in [0.5, 0.6) is 0 Å². The molecular weight excluding hydrogens is 732 g/mol. The van der Waals surface area contributed by atoms with E-state index in [1.54, 1.807) is 13.8 Å². The first kappa shape index (κ1) is 49.1. The lowest BCUT2D eigenvalue weighted by Crippen LogP contribution is -2.58. The molecule has 310 valence electrons. The van der Waals surface area contributed by atoms with Crippen LogP contribution in [0.2, 0.25) is 0 Å². The van der Waals surface area contributed by atoms with Gasteiger partial charge in [-0.15, -0.1) is 0 Å². The van der Waals surface area contributed by atoms with Crippen molar-refractivity contribution in [3.05, 3.63) is 0 Å². The summed E-state index contributed by atoms with van der Waals surface area (Å²) in [5.41, 5.74) is 16.2. The minimum atomic E-state index is -1.65. The molecule has 0 aromatic carbocycles. The Morgan fingerprint density at radius 1 is 0.527 bits per heavy atom. The second kappa shape index (κ2) is 24.4. The number of rotatable bonds is 26. The van der Waals surface area contributed by atoms with Crippen LogP contribution in [0.25, 0.3) is 0 Å². The van der Waals surface area contributed by atoms with E-state index in [9.17, 15) is 57.8 Å². The van der Waals surface area contributed by atoms with Gasteiger partial charge in [-0.05, 0) is 38.0 Å². The van der Waals surface area contributed by atoms with Crippen molar-refractivity contribution in [2.75, 3.05) is 13.1 Å². The maximum Gasteiger partial charge on any atom is 0.326 e. The summed E-state index contributed by atoms with van der Waals surface area (Å²) >= 11 is 0. The summed E-state index contributed by atoms with van der Waals surface area (Å²) in [6, 6.07) is -8.29. The first-order valence-electron chi connectivity index (χ1n) is 17.2. The van der Waals surface area contributed by atoms with Crippen molar-refractivity contribution < 1.29 is 63.0 Å². The summed E-state index contributed by atoms with van der Waals surface area (Å²) in [4.78, 5) is 134. The average molecular weight is 787 g/mol. The number of carbonyl (C=O) groups excluding carboxylic acids is 9. The zero-order chi connectivity index (χ0) is 42.6. The number of nitrogens with one attached hydrogen (secondary N) is 7. The zero-order valence-electron chi connectivity index (χ0n) is 31.4. The van der Waals surface area contributed by atoms with Crippen molar-refractivity contribution >= 4 is 65.1 Å². The zero-order valence-corrected chi connectivity index (χ0v) is 31.4. The van der Waals surface area contributed by atoms with Crippen molar-refractivity contribution in [2.24, 2.45) is 29.0 Å². The molecule has 0 aromatic heterocycles. The van der Waals surface area contributed by atoms with E-state index in [4.69, 9.17) is 22.3 Å². The molecule has 0 bridgehead atoms. The molecule has 0 rings (SSSR count). The minimum Gasteiger partial charge on any atom is -0.481 e. The van der Waals surface area contributed by atoms with Crippen LogP contribution >= 0.6 is 0 Å². The fourth-order valence-electron chi connectivity index (χ4n) is 4.69. The van der Waals surface area contributed by atoms with E-state index in [1.165, 1.54) is 6.92 Å².